The van der Waals surface area contributed by atoms with Gasteiger partial charge in [0.1, 0.15) is 0 Å². The molecule has 1 saturated heterocycles. The molecule has 1 fully saturated rings. The van der Waals surface area contributed by atoms with Gasteiger partial charge in [0.25, 0.3) is 0 Å². The van der Waals surface area contributed by atoms with Gasteiger partial charge in [-0.2, -0.15) is 0 Å². The third-order valence-corrected chi connectivity index (χ3v) is 5.76. The average Bonchev–Trinajstić information content (AvgIpc) is 3.44. The summed E-state index contributed by atoms with van der Waals surface area (Å²) in [5.41, 5.74) is 2.08. The second kappa shape index (κ2) is 9.67. The normalized spacial score (nSPS) is 16.2. The van der Waals surface area contributed by atoms with Gasteiger partial charge in [0, 0.05) is 6.61 Å². The molecule has 0 saturated carbocycles. The molecule has 8 heteroatoms. The van der Waals surface area contributed by atoms with Gasteiger partial charge in [0.15, 0.2) is 0 Å². The third-order valence-electron chi connectivity index (χ3n) is 4.80. The minimum atomic E-state index is -0.201. The van der Waals surface area contributed by atoms with Crippen LogP contribution in [0.2, 0.25) is 0 Å². The summed E-state index contributed by atoms with van der Waals surface area (Å²) in [6, 6.07) is 19.7. The van der Waals surface area contributed by atoms with E-state index in [9.17, 15) is 4.79 Å². The number of tetrazole rings is 1. The summed E-state index contributed by atoms with van der Waals surface area (Å²) in [4.78, 5) is 12.7. The lowest BCUT2D eigenvalue weighted by Crippen LogP contribution is -2.30. The molecule has 2 aromatic carbocycles. The van der Waals surface area contributed by atoms with Gasteiger partial charge in [-0.1, -0.05) is 72.4 Å². The van der Waals surface area contributed by atoms with Crippen LogP contribution in [0.3, 0.4) is 0 Å². The number of nitrogens with zero attached hydrogens (tertiary/aromatic N) is 4. The molecule has 1 aliphatic rings. The van der Waals surface area contributed by atoms with E-state index in [0.717, 1.165) is 30.6 Å². The van der Waals surface area contributed by atoms with E-state index in [1.54, 1.807) is 4.68 Å². The van der Waals surface area contributed by atoms with Gasteiger partial charge < -0.3 is 10.1 Å². The second-order valence-electron chi connectivity index (χ2n) is 6.89. The highest BCUT2D eigenvalue weighted by atomic mass is 32.2. The molecule has 3 aromatic rings. The molecule has 7 nitrogen and oxygen atoms in total. The molecule has 150 valence electrons. The van der Waals surface area contributed by atoms with Crippen molar-refractivity contribution in [3.63, 3.8) is 0 Å². The van der Waals surface area contributed by atoms with Gasteiger partial charge in [-0.15, -0.1) is 5.10 Å². The summed E-state index contributed by atoms with van der Waals surface area (Å²) in [5, 5.41) is 15.6. The molecule has 0 spiro atoms. The fraction of sp³-hybridized carbons (Fsp3) is 0.333. The highest BCUT2D eigenvalue weighted by Gasteiger charge is 2.20. The number of hydrogen-bond donors (Lipinski definition) is 1. The molecule has 2 heterocycles. The average molecular weight is 410 g/mol. The predicted octanol–water partition coefficient (Wildman–Crippen LogP) is 2.85. The quantitative estimate of drug-likeness (QED) is 0.576. The first-order valence-electron chi connectivity index (χ1n) is 9.69. The Labute approximate surface area is 173 Å². The fourth-order valence-electron chi connectivity index (χ4n) is 3.38. The van der Waals surface area contributed by atoms with E-state index in [4.69, 9.17) is 4.74 Å². The molecule has 1 unspecified atom stereocenters. The van der Waals surface area contributed by atoms with E-state index < -0.39 is 0 Å². The zero-order chi connectivity index (χ0) is 19.9. The molecular formula is C21H23N5O2S. The Kier molecular flexibility index (Phi) is 6.53. The van der Waals surface area contributed by atoms with E-state index in [0.29, 0.717) is 11.7 Å². The van der Waals surface area contributed by atoms with Crippen molar-refractivity contribution in [2.24, 2.45) is 0 Å². The third kappa shape index (κ3) is 5.21. The summed E-state index contributed by atoms with van der Waals surface area (Å²) >= 11 is 1.34. The number of carbonyl (C=O) groups is 1. The fourth-order valence-corrected chi connectivity index (χ4v) is 4.08. The Bertz CT molecular complexity index is 874. The Morgan fingerprint density at radius 2 is 1.83 bits per heavy atom. The Morgan fingerprint density at radius 3 is 2.45 bits per heavy atom. The standard InChI is InChI=1S/C21H23N5O2S/c27-19(15-29-21-23-24-25-26(21)14-18-12-7-13-28-18)22-20(16-8-3-1-4-9-16)17-10-5-2-6-11-17/h1-6,8-11,18,20H,7,12-15H2,(H,22,27). The van der Waals surface area contributed by atoms with Crippen LogP contribution in [0.25, 0.3) is 0 Å². The summed E-state index contributed by atoms with van der Waals surface area (Å²) in [5.74, 6) is 0.168. The Hall–Kier alpha value is -2.71. The largest absolute Gasteiger partial charge is 0.376 e. The van der Waals surface area contributed by atoms with Crippen molar-refractivity contribution in [3.8, 4) is 0 Å². The van der Waals surface area contributed by atoms with Gasteiger partial charge in [0.05, 0.1) is 24.4 Å². The summed E-state index contributed by atoms with van der Waals surface area (Å²) in [6.45, 7) is 1.41. The summed E-state index contributed by atoms with van der Waals surface area (Å²) < 4.78 is 7.37. The van der Waals surface area contributed by atoms with Crippen molar-refractivity contribution < 1.29 is 9.53 Å². The number of nitrogens with one attached hydrogen (secondary N) is 1. The van der Waals surface area contributed by atoms with Gasteiger partial charge >= 0.3 is 0 Å². The van der Waals surface area contributed by atoms with E-state index in [-0.39, 0.29) is 23.8 Å². The lowest BCUT2D eigenvalue weighted by Gasteiger charge is -2.19. The maximum Gasteiger partial charge on any atom is 0.231 e. The smallest absolute Gasteiger partial charge is 0.231 e. The monoisotopic (exact) mass is 409 g/mol. The zero-order valence-corrected chi connectivity index (χ0v) is 16.8. The number of benzene rings is 2. The van der Waals surface area contributed by atoms with Crippen LogP contribution in [0.4, 0.5) is 0 Å². The number of amides is 1. The minimum Gasteiger partial charge on any atom is -0.376 e. The molecule has 1 N–H and O–H groups in total. The van der Waals surface area contributed by atoms with Crippen LogP contribution in [-0.4, -0.2) is 44.6 Å². The molecule has 4 rings (SSSR count). The van der Waals surface area contributed by atoms with Gasteiger partial charge in [0.2, 0.25) is 11.1 Å². The molecular weight excluding hydrogens is 386 g/mol. The number of aromatic nitrogens is 4. The van der Waals surface area contributed by atoms with Crippen LogP contribution in [0, 0.1) is 0 Å². The Balaban J connectivity index is 1.40. The SMILES string of the molecule is O=C(CSc1nnnn1CC1CCCO1)NC(c1ccccc1)c1ccccc1. The molecule has 29 heavy (non-hydrogen) atoms. The number of ether oxygens (including phenoxy) is 1. The van der Waals surface area contributed by atoms with Crippen molar-refractivity contribution in [2.75, 3.05) is 12.4 Å². The van der Waals surface area contributed by atoms with Crippen molar-refractivity contribution in [1.29, 1.82) is 0 Å². The lowest BCUT2D eigenvalue weighted by molar-refractivity contribution is -0.119. The maximum atomic E-state index is 12.7. The number of rotatable bonds is 8. The van der Waals surface area contributed by atoms with Crippen molar-refractivity contribution in [1.82, 2.24) is 25.5 Å². The molecule has 0 aliphatic carbocycles. The van der Waals surface area contributed by atoms with Crippen molar-refractivity contribution in [2.45, 2.75) is 36.7 Å². The predicted molar refractivity (Wildman–Crippen MR) is 110 cm³/mol. The molecule has 0 bridgehead atoms. The first kappa shape index (κ1) is 19.6. The van der Waals surface area contributed by atoms with Crippen LogP contribution in [0.15, 0.2) is 65.8 Å². The van der Waals surface area contributed by atoms with Gasteiger partial charge in [-0.3, -0.25) is 4.79 Å². The first-order valence-corrected chi connectivity index (χ1v) is 10.7. The van der Waals surface area contributed by atoms with Crippen LogP contribution >= 0.6 is 11.8 Å². The topological polar surface area (TPSA) is 81.9 Å². The maximum absolute atomic E-state index is 12.7. The van der Waals surface area contributed by atoms with Crippen LogP contribution in [0.1, 0.15) is 30.0 Å². The van der Waals surface area contributed by atoms with E-state index >= 15 is 0 Å². The van der Waals surface area contributed by atoms with E-state index in [2.05, 4.69) is 20.8 Å². The minimum absolute atomic E-state index is 0.0700. The first-order chi connectivity index (χ1) is 14.3. The van der Waals surface area contributed by atoms with Crippen molar-refractivity contribution >= 4 is 17.7 Å². The summed E-state index contributed by atoms with van der Waals surface area (Å²) in [7, 11) is 0. The van der Waals surface area contributed by atoms with Gasteiger partial charge in [-0.05, 0) is 34.4 Å². The second-order valence-corrected chi connectivity index (χ2v) is 7.83. The molecule has 0 radical (unpaired) electrons. The molecule has 1 atom stereocenters. The van der Waals surface area contributed by atoms with E-state index in [1.165, 1.54) is 11.8 Å². The zero-order valence-electron chi connectivity index (χ0n) is 16.0. The van der Waals surface area contributed by atoms with Crippen LogP contribution in [0.5, 0.6) is 0 Å². The Morgan fingerprint density at radius 1 is 1.14 bits per heavy atom. The van der Waals surface area contributed by atoms with Gasteiger partial charge in [-0.25, -0.2) is 4.68 Å². The van der Waals surface area contributed by atoms with E-state index in [1.807, 2.05) is 60.7 Å². The molecule has 1 aromatic heterocycles. The number of hydrogen-bond acceptors (Lipinski definition) is 6. The van der Waals surface area contributed by atoms with Crippen LogP contribution in [-0.2, 0) is 16.1 Å². The number of thioether (sulfide) groups is 1. The van der Waals surface area contributed by atoms with Crippen molar-refractivity contribution in [3.05, 3.63) is 71.8 Å². The number of carbonyl (C=O) groups excluding carboxylic acids is 1. The highest BCUT2D eigenvalue weighted by molar-refractivity contribution is 7.99. The lowest BCUT2D eigenvalue weighted by atomic mass is 9.99. The van der Waals surface area contributed by atoms with Crippen LogP contribution < -0.4 is 5.32 Å². The molecule has 1 amide bonds. The highest BCUT2D eigenvalue weighted by Crippen LogP contribution is 2.23. The summed E-state index contributed by atoms with van der Waals surface area (Å²) in [6.07, 6.45) is 2.23. The molecule has 1 aliphatic heterocycles.